The summed E-state index contributed by atoms with van der Waals surface area (Å²) in [7, 11) is 0. The molecule has 0 N–H and O–H groups in total. The van der Waals surface area contributed by atoms with E-state index in [1.807, 2.05) is 25.1 Å². The Morgan fingerprint density at radius 3 is 2.47 bits per heavy atom. The summed E-state index contributed by atoms with van der Waals surface area (Å²) in [5.41, 5.74) is 4.06. The molecule has 0 unspecified atom stereocenters. The van der Waals surface area contributed by atoms with Gasteiger partial charge in [-0.2, -0.15) is 5.26 Å². The molecule has 0 aromatic heterocycles. The molecule has 17 heavy (non-hydrogen) atoms. The highest BCUT2D eigenvalue weighted by molar-refractivity contribution is 5.68. The number of nitriles is 1. The van der Waals surface area contributed by atoms with Gasteiger partial charge in [0.1, 0.15) is 5.82 Å². The average molecular weight is 225 g/mol. The Kier molecular flexibility index (Phi) is 3.20. The maximum atomic E-state index is 12.9. The smallest absolute Gasteiger partial charge is 0.123 e. The van der Waals surface area contributed by atoms with Crippen molar-refractivity contribution in [3.05, 3.63) is 59.4 Å². The van der Waals surface area contributed by atoms with Crippen molar-refractivity contribution >= 4 is 0 Å². The van der Waals surface area contributed by atoms with Crippen LogP contribution >= 0.6 is 0 Å². The molecule has 0 fully saturated rings. The molecule has 0 heterocycles. The topological polar surface area (TPSA) is 23.8 Å². The maximum Gasteiger partial charge on any atom is 0.123 e. The summed E-state index contributed by atoms with van der Waals surface area (Å²) in [6.45, 7) is 2.00. The number of hydrogen-bond donors (Lipinski definition) is 0. The quantitative estimate of drug-likeness (QED) is 0.761. The van der Waals surface area contributed by atoms with E-state index < -0.39 is 0 Å². The minimum absolute atomic E-state index is 0.247. The zero-order valence-electron chi connectivity index (χ0n) is 9.57. The Hall–Kier alpha value is -2.14. The third kappa shape index (κ3) is 2.51. The lowest BCUT2D eigenvalue weighted by atomic mass is 9.96. The lowest BCUT2D eigenvalue weighted by Crippen LogP contribution is -1.90. The zero-order chi connectivity index (χ0) is 12.3. The lowest BCUT2D eigenvalue weighted by Gasteiger charge is -2.08. The van der Waals surface area contributed by atoms with Gasteiger partial charge in [-0.25, -0.2) is 4.39 Å². The minimum Gasteiger partial charge on any atom is -0.207 e. The number of aryl methyl sites for hydroxylation is 1. The number of halogens is 1. The van der Waals surface area contributed by atoms with Gasteiger partial charge in [-0.15, -0.1) is 0 Å². The van der Waals surface area contributed by atoms with Gasteiger partial charge in [0.05, 0.1) is 12.5 Å². The van der Waals surface area contributed by atoms with E-state index in [9.17, 15) is 4.39 Å². The van der Waals surface area contributed by atoms with Crippen LogP contribution in [0.15, 0.2) is 42.5 Å². The van der Waals surface area contributed by atoms with Gasteiger partial charge in [0.15, 0.2) is 0 Å². The second-order valence-electron chi connectivity index (χ2n) is 4.00. The van der Waals surface area contributed by atoms with Gasteiger partial charge in [-0.05, 0) is 35.7 Å². The van der Waals surface area contributed by atoms with Gasteiger partial charge in [0.2, 0.25) is 0 Å². The van der Waals surface area contributed by atoms with Crippen molar-refractivity contribution in [3.8, 4) is 17.2 Å². The molecule has 2 rings (SSSR count). The van der Waals surface area contributed by atoms with Gasteiger partial charge >= 0.3 is 0 Å². The molecule has 0 saturated carbocycles. The highest BCUT2D eigenvalue weighted by Gasteiger charge is 2.05. The molecule has 0 radical (unpaired) electrons. The van der Waals surface area contributed by atoms with E-state index in [2.05, 4.69) is 6.07 Å². The van der Waals surface area contributed by atoms with Crippen LogP contribution in [0, 0.1) is 24.1 Å². The van der Waals surface area contributed by atoms with Crippen LogP contribution in [0.5, 0.6) is 0 Å². The van der Waals surface area contributed by atoms with Gasteiger partial charge in [-0.3, -0.25) is 0 Å². The van der Waals surface area contributed by atoms with Crippen LogP contribution in [0.4, 0.5) is 4.39 Å². The van der Waals surface area contributed by atoms with Gasteiger partial charge in [0, 0.05) is 0 Å². The molecule has 2 aromatic carbocycles. The Morgan fingerprint density at radius 1 is 1.12 bits per heavy atom. The first-order chi connectivity index (χ1) is 8.20. The summed E-state index contributed by atoms with van der Waals surface area (Å²) in [5, 5.41) is 8.79. The fourth-order valence-electron chi connectivity index (χ4n) is 1.83. The van der Waals surface area contributed by atoms with Crippen LogP contribution in [-0.4, -0.2) is 0 Å². The number of hydrogen-bond acceptors (Lipinski definition) is 1. The summed E-state index contributed by atoms with van der Waals surface area (Å²) in [5.74, 6) is -0.247. The highest BCUT2D eigenvalue weighted by atomic mass is 19.1. The molecule has 0 aliphatic rings. The molecule has 1 nitrogen and oxygen atoms in total. The van der Waals surface area contributed by atoms with Crippen LogP contribution < -0.4 is 0 Å². The highest BCUT2D eigenvalue weighted by Crippen LogP contribution is 2.25. The fourth-order valence-corrected chi connectivity index (χ4v) is 1.83. The van der Waals surface area contributed by atoms with E-state index in [0.29, 0.717) is 6.42 Å². The zero-order valence-corrected chi connectivity index (χ0v) is 9.57. The van der Waals surface area contributed by atoms with Crippen molar-refractivity contribution < 1.29 is 4.39 Å². The minimum atomic E-state index is -0.247. The SMILES string of the molecule is Cc1ccc(CC#N)c(-c2ccc(F)cc2)c1. The van der Waals surface area contributed by atoms with E-state index >= 15 is 0 Å². The Bertz CT molecular complexity index is 564. The summed E-state index contributed by atoms with van der Waals surface area (Å²) < 4.78 is 12.9. The molecular formula is C15H12FN. The Labute approximate surface area is 100 Å². The molecular weight excluding hydrogens is 213 g/mol. The molecule has 0 aliphatic heterocycles. The Morgan fingerprint density at radius 2 is 1.82 bits per heavy atom. The molecule has 2 aromatic rings. The van der Waals surface area contributed by atoms with Gasteiger partial charge in [0.25, 0.3) is 0 Å². The van der Waals surface area contributed by atoms with E-state index in [1.54, 1.807) is 12.1 Å². The fraction of sp³-hybridized carbons (Fsp3) is 0.133. The van der Waals surface area contributed by atoms with Crippen molar-refractivity contribution in [2.75, 3.05) is 0 Å². The molecule has 84 valence electrons. The van der Waals surface area contributed by atoms with E-state index in [4.69, 9.17) is 5.26 Å². The molecule has 0 spiro atoms. The third-order valence-electron chi connectivity index (χ3n) is 2.69. The van der Waals surface area contributed by atoms with Crippen molar-refractivity contribution in [2.45, 2.75) is 13.3 Å². The van der Waals surface area contributed by atoms with E-state index in [-0.39, 0.29) is 5.82 Å². The number of rotatable bonds is 2. The first-order valence-corrected chi connectivity index (χ1v) is 5.43. The van der Waals surface area contributed by atoms with Gasteiger partial charge in [-0.1, -0.05) is 35.9 Å². The van der Waals surface area contributed by atoms with Crippen LogP contribution in [0.3, 0.4) is 0 Å². The molecule has 0 atom stereocenters. The normalized spacial score (nSPS) is 9.94. The average Bonchev–Trinajstić information content (AvgIpc) is 2.33. The predicted octanol–water partition coefficient (Wildman–Crippen LogP) is 3.87. The van der Waals surface area contributed by atoms with Crippen LogP contribution in [0.1, 0.15) is 11.1 Å². The van der Waals surface area contributed by atoms with Crippen molar-refractivity contribution in [2.24, 2.45) is 0 Å². The molecule has 0 aliphatic carbocycles. The monoisotopic (exact) mass is 225 g/mol. The third-order valence-corrected chi connectivity index (χ3v) is 2.69. The second kappa shape index (κ2) is 4.80. The van der Waals surface area contributed by atoms with Crippen molar-refractivity contribution in [1.82, 2.24) is 0 Å². The lowest BCUT2D eigenvalue weighted by molar-refractivity contribution is 0.628. The van der Waals surface area contributed by atoms with Gasteiger partial charge < -0.3 is 0 Å². The predicted molar refractivity (Wildman–Crippen MR) is 65.9 cm³/mol. The summed E-state index contributed by atoms with van der Waals surface area (Å²) in [4.78, 5) is 0. The second-order valence-corrected chi connectivity index (χ2v) is 4.00. The Balaban J connectivity index is 2.53. The van der Waals surface area contributed by atoms with Crippen molar-refractivity contribution in [1.29, 1.82) is 5.26 Å². The molecule has 0 amide bonds. The standard InChI is InChI=1S/C15H12FN/c1-11-2-3-13(8-9-17)15(10-11)12-4-6-14(16)7-5-12/h2-7,10H,8H2,1H3. The van der Waals surface area contributed by atoms with E-state index in [1.165, 1.54) is 12.1 Å². The summed E-state index contributed by atoms with van der Waals surface area (Å²) in [6.07, 6.45) is 0.368. The van der Waals surface area contributed by atoms with Crippen LogP contribution in [0.2, 0.25) is 0 Å². The largest absolute Gasteiger partial charge is 0.207 e. The summed E-state index contributed by atoms with van der Waals surface area (Å²) >= 11 is 0. The first kappa shape index (κ1) is 11.3. The molecule has 0 bridgehead atoms. The maximum absolute atomic E-state index is 12.9. The number of nitrogens with zero attached hydrogens (tertiary/aromatic N) is 1. The van der Waals surface area contributed by atoms with E-state index in [0.717, 1.165) is 22.3 Å². The first-order valence-electron chi connectivity index (χ1n) is 5.43. The molecule has 2 heteroatoms. The van der Waals surface area contributed by atoms with Crippen LogP contribution in [-0.2, 0) is 6.42 Å². The van der Waals surface area contributed by atoms with Crippen LogP contribution in [0.25, 0.3) is 11.1 Å². The molecule has 0 saturated heterocycles. The van der Waals surface area contributed by atoms with Crippen molar-refractivity contribution in [3.63, 3.8) is 0 Å². The summed E-state index contributed by atoms with van der Waals surface area (Å²) in [6, 6.07) is 14.5. The number of benzene rings is 2.